The number of carbonyl (C=O) groups is 1. The van der Waals surface area contributed by atoms with Crippen molar-refractivity contribution in [1.29, 1.82) is 0 Å². The summed E-state index contributed by atoms with van der Waals surface area (Å²) in [5.74, 6) is 1.41. The molecule has 1 N–H and O–H groups in total. The number of thioether (sulfide) groups is 1. The van der Waals surface area contributed by atoms with Gasteiger partial charge in [-0.15, -0.1) is 21.5 Å². The minimum Gasteiger partial charge on any atom is -0.485 e. The zero-order valence-corrected chi connectivity index (χ0v) is 18.1. The highest BCUT2D eigenvalue weighted by Crippen LogP contribution is 2.24. The first-order valence-corrected chi connectivity index (χ1v) is 10.6. The van der Waals surface area contributed by atoms with Crippen molar-refractivity contribution in [3.8, 4) is 5.75 Å². The van der Waals surface area contributed by atoms with Crippen molar-refractivity contribution >= 4 is 34.1 Å². The summed E-state index contributed by atoms with van der Waals surface area (Å²) in [7, 11) is 1.87. The van der Waals surface area contributed by atoms with E-state index in [4.69, 9.17) is 4.74 Å². The second-order valence-corrected chi connectivity index (χ2v) is 8.72. The van der Waals surface area contributed by atoms with Crippen LogP contribution in [0, 0.1) is 20.8 Å². The molecular formula is C19H23N5O2S2. The molecule has 1 atom stereocenters. The molecule has 0 aliphatic heterocycles. The van der Waals surface area contributed by atoms with Crippen molar-refractivity contribution in [3.05, 3.63) is 46.2 Å². The Morgan fingerprint density at radius 2 is 2.11 bits per heavy atom. The molecule has 0 saturated heterocycles. The van der Waals surface area contributed by atoms with Crippen molar-refractivity contribution in [3.63, 3.8) is 0 Å². The first-order chi connectivity index (χ1) is 13.3. The number of rotatable bonds is 7. The maximum atomic E-state index is 12.4. The van der Waals surface area contributed by atoms with Gasteiger partial charge in [-0.2, -0.15) is 0 Å². The summed E-state index contributed by atoms with van der Waals surface area (Å²) >= 11 is 2.76. The van der Waals surface area contributed by atoms with E-state index in [0.717, 1.165) is 17.0 Å². The normalized spacial score (nSPS) is 12.0. The van der Waals surface area contributed by atoms with Crippen LogP contribution in [-0.4, -0.2) is 30.9 Å². The Bertz CT molecular complexity index is 983. The highest BCUT2D eigenvalue weighted by atomic mass is 32.2. The molecule has 148 valence electrons. The van der Waals surface area contributed by atoms with Gasteiger partial charge in [-0.05, 0) is 39.3 Å². The predicted molar refractivity (Wildman–Crippen MR) is 112 cm³/mol. The van der Waals surface area contributed by atoms with Crippen molar-refractivity contribution in [1.82, 2.24) is 19.7 Å². The van der Waals surface area contributed by atoms with Crippen LogP contribution in [0.1, 0.15) is 29.6 Å². The van der Waals surface area contributed by atoms with Gasteiger partial charge in [0.05, 0.1) is 10.9 Å². The molecule has 0 unspecified atom stereocenters. The van der Waals surface area contributed by atoms with Crippen LogP contribution < -0.4 is 10.1 Å². The van der Waals surface area contributed by atoms with Crippen molar-refractivity contribution in [2.24, 2.45) is 7.05 Å². The third-order valence-corrected chi connectivity index (χ3v) is 6.12. The number of aryl methyl sites for hydroxylation is 3. The Kier molecular flexibility index (Phi) is 6.35. The standard InChI is InChI=1S/C19H23N5O2S2/c1-11-6-7-15(12(2)8-11)26-9-16-22-23-19(24(16)5)28-14(4)17(25)21-18-20-13(3)10-27-18/h6-8,10,14H,9H2,1-5H3,(H,20,21,25)/t14-/m0/s1. The lowest BCUT2D eigenvalue weighted by atomic mass is 10.1. The number of benzene rings is 1. The Balaban J connectivity index is 1.59. The number of anilines is 1. The van der Waals surface area contributed by atoms with Gasteiger partial charge in [-0.25, -0.2) is 4.98 Å². The maximum Gasteiger partial charge on any atom is 0.239 e. The van der Waals surface area contributed by atoms with Gasteiger partial charge < -0.3 is 14.6 Å². The first-order valence-electron chi connectivity index (χ1n) is 8.81. The quantitative estimate of drug-likeness (QED) is 0.587. The van der Waals surface area contributed by atoms with E-state index in [-0.39, 0.29) is 11.2 Å². The molecule has 9 heteroatoms. The molecule has 0 fully saturated rings. The molecule has 3 rings (SSSR count). The molecule has 1 amide bonds. The fourth-order valence-corrected chi connectivity index (χ4v) is 4.03. The van der Waals surface area contributed by atoms with Gasteiger partial charge in [0.1, 0.15) is 12.4 Å². The van der Waals surface area contributed by atoms with Gasteiger partial charge in [0.25, 0.3) is 0 Å². The van der Waals surface area contributed by atoms with E-state index < -0.39 is 0 Å². The number of ether oxygens (including phenoxy) is 1. The summed E-state index contributed by atoms with van der Waals surface area (Å²) in [4.78, 5) is 16.6. The third-order valence-electron chi connectivity index (χ3n) is 4.11. The van der Waals surface area contributed by atoms with Crippen LogP contribution in [0.4, 0.5) is 5.13 Å². The lowest BCUT2D eigenvalue weighted by Crippen LogP contribution is -2.22. The summed E-state index contributed by atoms with van der Waals surface area (Å²) in [6.45, 7) is 8.11. The second kappa shape index (κ2) is 8.74. The largest absolute Gasteiger partial charge is 0.485 e. The van der Waals surface area contributed by atoms with Crippen LogP contribution in [0.3, 0.4) is 0 Å². The first kappa shape index (κ1) is 20.3. The van der Waals surface area contributed by atoms with E-state index in [2.05, 4.69) is 33.5 Å². The molecule has 0 saturated carbocycles. The summed E-state index contributed by atoms with van der Waals surface area (Å²) in [5.41, 5.74) is 3.17. The summed E-state index contributed by atoms with van der Waals surface area (Å²) in [6.07, 6.45) is 0. The van der Waals surface area contributed by atoms with Crippen molar-refractivity contribution in [2.75, 3.05) is 5.32 Å². The number of amides is 1. The van der Waals surface area contributed by atoms with Gasteiger partial charge in [0.15, 0.2) is 16.1 Å². The van der Waals surface area contributed by atoms with Crippen LogP contribution in [0.25, 0.3) is 0 Å². The summed E-state index contributed by atoms with van der Waals surface area (Å²) in [6, 6.07) is 6.06. The van der Waals surface area contributed by atoms with E-state index in [0.29, 0.717) is 22.7 Å². The van der Waals surface area contributed by atoms with Crippen LogP contribution in [0.15, 0.2) is 28.7 Å². The number of nitrogens with one attached hydrogen (secondary N) is 1. The molecule has 7 nitrogen and oxygen atoms in total. The Hall–Kier alpha value is -2.39. The fraction of sp³-hybridized carbons (Fsp3) is 0.368. The Morgan fingerprint density at radius 3 is 2.79 bits per heavy atom. The van der Waals surface area contributed by atoms with Gasteiger partial charge in [0.2, 0.25) is 5.91 Å². The number of thiazole rings is 1. The van der Waals surface area contributed by atoms with Crippen LogP contribution in [-0.2, 0) is 18.4 Å². The third kappa shape index (κ3) is 4.90. The van der Waals surface area contributed by atoms with Gasteiger partial charge in [-0.1, -0.05) is 29.5 Å². The van der Waals surface area contributed by atoms with E-state index in [1.54, 1.807) is 0 Å². The van der Waals surface area contributed by atoms with E-state index >= 15 is 0 Å². The number of nitrogens with zero attached hydrogens (tertiary/aromatic N) is 4. The zero-order valence-electron chi connectivity index (χ0n) is 16.5. The minimum atomic E-state index is -0.333. The Morgan fingerprint density at radius 1 is 1.32 bits per heavy atom. The second-order valence-electron chi connectivity index (χ2n) is 6.56. The topological polar surface area (TPSA) is 81.9 Å². The molecule has 2 heterocycles. The van der Waals surface area contributed by atoms with Crippen LogP contribution in [0.2, 0.25) is 0 Å². The molecule has 1 aromatic carbocycles. The lowest BCUT2D eigenvalue weighted by Gasteiger charge is -2.11. The van der Waals surface area contributed by atoms with E-state index in [1.165, 1.54) is 28.7 Å². The van der Waals surface area contributed by atoms with Crippen molar-refractivity contribution < 1.29 is 9.53 Å². The molecular weight excluding hydrogens is 394 g/mol. The molecule has 0 spiro atoms. The van der Waals surface area contributed by atoms with Gasteiger partial charge >= 0.3 is 0 Å². The number of aromatic nitrogens is 4. The summed E-state index contributed by atoms with van der Waals surface area (Å²) < 4.78 is 7.74. The highest BCUT2D eigenvalue weighted by molar-refractivity contribution is 8.00. The minimum absolute atomic E-state index is 0.115. The van der Waals surface area contributed by atoms with Crippen LogP contribution >= 0.6 is 23.1 Å². The molecule has 0 bridgehead atoms. The maximum absolute atomic E-state index is 12.4. The van der Waals surface area contributed by atoms with Gasteiger partial charge in [-0.3, -0.25) is 4.79 Å². The lowest BCUT2D eigenvalue weighted by molar-refractivity contribution is -0.115. The monoisotopic (exact) mass is 417 g/mol. The number of hydrogen-bond acceptors (Lipinski definition) is 7. The average molecular weight is 418 g/mol. The molecule has 0 aliphatic carbocycles. The SMILES string of the molecule is Cc1ccc(OCc2nnc(S[C@@H](C)C(=O)Nc3nc(C)cs3)n2C)c(C)c1. The highest BCUT2D eigenvalue weighted by Gasteiger charge is 2.20. The fourth-order valence-electron chi connectivity index (χ4n) is 2.51. The smallest absolute Gasteiger partial charge is 0.239 e. The predicted octanol–water partition coefficient (Wildman–Crippen LogP) is 3.90. The van der Waals surface area contributed by atoms with Gasteiger partial charge in [0, 0.05) is 12.4 Å². The number of carbonyl (C=O) groups excluding carboxylic acids is 1. The van der Waals surface area contributed by atoms with Crippen LogP contribution in [0.5, 0.6) is 5.75 Å². The zero-order chi connectivity index (χ0) is 20.3. The van der Waals surface area contributed by atoms with E-state index in [1.807, 2.05) is 49.9 Å². The molecule has 0 radical (unpaired) electrons. The Labute approximate surface area is 172 Å². The molecule has 28 heavy (non-hydrogen) atoms. The number of hydrogen-bond donors (Lipinski definition) is 1. The molecule has 2 aromatic heterocycles. The van der Waals surface area contributed by atoms with E-state index in [9.17, 15) is 4.79 Å². The average Bonchev–Trinajstić information content (AvgIpc) is 3.20. The molecule has 3 aromatic rings. The van der Waals surface area contributed by atoms with Crippen molar-refractivity contribution in [2.45, 2.75) is 44.7 Å². The summed E-state index contributed by atoms with van der Waals surface area (Å²) in [5, 5.41) is 14.1. The molecule has 0 aliphatic rings.